The number of hydrogen-bond donors (Lipinski definition) is 1. The Hall–Kier alpha value is -2.15. The second kappa shape index (κ2) is 5.46. The van der Waals surface area contributed by atoms with Gasteiger partial charge in [-0.25, -0.2) is 0 Å². The van der Waals surface area contributed by atoms with Gasteiger partial charge in [0.05, 0.1) is 24.4 Å². The summed E-state index contributed by atoms with van der Waals surface area (Å²) in [5.74, 6) is 0.269. The molecule has 0 aliphatic carbocycles. The quantitative estimate of drug-likeness (QED) is 0.940. The zero-order chi connectivity index (χ0) is 14.8. The van der Waals surface area contributed by atoms with Crippen molar-refractivity contribution in [3.63, 3.8) is 0 Å². The van der Waals surface area contributed by atoms with E-state index in [-0.39, 0.29) is 17.1 Å². The van der Waals surface area contributed by atoms with Crippen LogP contribution in [-0.4, -0.2) is 17.3 Å². The second-order valence-electron chi connectivity index (χ2n) is 4.06. The van der Waals surface area contributed by atoms with E-state index in [4.69, 9.17) is 10.5 Å². The van der Waals surface area contributed by atoms with Gasteiger partial charge in [0.2, 0.25) is 5.88 Å². The van der Waals surface area contributed by atoms with Crippen LogP contribution >= 0.6 is 0 Å². The molecule has 2 aromatic rings. The highest BCUT2D eigenvalue weighted by atomic mass is 19.4. The molecule has 0 saturated carbocycles. The molecule has 1 aromatic carbocycles. The Balaban J connectivity index is 2.40. The molecule has 1 atom stereocenters. The van der Waals surface area contributed by atoms with Crippen LogP contribution in [0.25, 0.3) is 0 Å². The van der Waals surface area contributed by atoms with Crippen LogP contribution in [0.4, 0.5) is 13.2 Å². The summed E-state index contributed by atoms with van der Waals surface area (Å²) in [4.78, 5) is 0. The lowest BCUT2D eigenvalue weighted by Crippen LogP contribution is -2.19. The van der Waals surface area contributed by atoms with Gasteiger partial charge in [-0.1, -0.05) is 18.2 Å². The number of ether oxygens (including phenoxy) is 1. The first-order chi connectivity index (χ1) is 9.43. The fourth-order valence-corrected chi connectivity index (χ4v) is 1.79. The molecule has 20 heavy (non-hydrogen) atoms. The summed E-state index contributed by atoms with van der Waals surface area (Å²) in [6, 6.07) is 7.12. The number of rotatable bonds is 3. The number of nitrogens with zero attached hydrogens (tertiary/aromatic N) is 2. The van der Waals surface area contributed by atoms with Crippen molar-refractivity contribution in [1.82, 2.24) is 10.2 Å². The predicted molar refractivity (Wildman–Crippen MR) is 66.1 cm³/mol. The fourth-order valence-electron chi connectivity index (χ4n) is 1.79. The molecule has 7 heteroatoms. The van der Waals surface area contributed by atoms with Crippen LogP contribution < -0.4 is 10.5 Å². The molecule has 0 fully saturated rings. The first-order valence-electron chi connectivity index (χ1n) is 5.73. The van der Waals surface area contributed by atoms with Gasteiger partial charge in [0.1, 0.15) is 0 Å². The molecule has 0 bridgehead atoms. The highest BCUT2D eigenvalue weighted by Gasteiger charge is 2.34. The van der Waals surface area contributed by atoms with Gasteiger partial charge in [0.15, 0.2) is 0 Å². The zero-order valence-corrected chi connectivity index (χ0v) is 10.6. The van der Waals surface area contributed by atoms with Crippen molar-refractivity contribution >= 4 is 0 Å². The molecule has 0 aliphatic rings. The lowest BCUT2D eigenvalue weighted by molar-refractivity contribution is -0.138. The minimum atomic E-state index is -4.46. The molecular formula is C13H12F3N3O. The standard InChI is InChI=1S/C13H12F3N3O/c1-20-11-7-6-10(18-19-11)12(17)8-4-2-3-5-9(8)13(14,15)16/h2-7,12H,17H2,1H3. The summed E-state index contributed by atoms with van der Waals surface area (Å²) in [5.41, 5.74) is 5.29. The summed E-state index contributed by atoms with van der Waals surface area (Å²) < 4.78 is 43.6. The van der Waals surface area contributed by atoms with Crippen LogP contribution in [0.15, 0.2) is 36.4 Å². The van der Waals surface area contributed by atoms with Crippen LogP contribution in [0.5, 0.6) is 5.88 Å². The van der Waals surface area contributed by atoms with Crippen molar-refractivity contribution in [3.8, 4) is 5.88 Å². The average Bonchev–Trinajstić information content (AvgIpc) is 2.46. The lowest BCUT2D eigenvalue weighted by atomic mass is 9.98. The number of nitrogens with two attached hydrogens (primary N) is 1. The van der Waals surface area contributed by atoms with E-state index in [9.17, 15) is 13.2 Å². The van der Waals surface area contributed by atoms with Crippen molar-refractivity contribution in [1.29, 1.82) is 0 Å². The fraction of sp³-hybridized carbons (Fsp3) is 0.231. The summed E-state index contributed by atoms with van der Waals surface area (Å²) in [6.45, 7) is 0. The van der Waals surface area contributed by atoms with E-state index in [1.165, 1.54) is 37.4 Å². The maximum atomic E-state index is 12.9. The smallest absolute Gasteiger partial charge is 0.416 e. The third kappa shape index (κ3) is 2.88. The van der Waals surface area contributed by atoms with Gasteiger partial charge in [0, 0.05) is 6.07 Å². The monoisotopic (exact) mass is 283 g/mol. The average molecular weight is 283 g/mol. The van der Waals surface area contributed by atoms with E-state index in [0.29, 0.717) is 0 Å². The molecule has 1 unspecified atom stereocenters. The molecular weight excluding hydrogens is 271 g/mol. The second-order valence-corrected chi connectivity index (χ2v) is 4.06. The Morgan fingerprint density at radius 1 is 1.10 bits per heavy atom. The van der Waals surface area contributed by atoms with Crippen LogP contribution in [0, 0.1) is 0 Å². The van der Waals surface area contributed by atoms with E-state index in [2.05, 4.69) is 10.2 Å². The van der Waals surface area contributed by atoms with Gasteiger partial charge in [-0.05, 0) is 17.7 Å². The first kappa shape index (κ1) is 14.3. The van der Waals surface area contributed by atoms with Crippen LogP contribution in [0.3, 0.4) is 0 Å². The number of halogens is 3. The molecule has 0 saturated heterocycles. The van der Waals surface area contributed by atoms with Gasteiger partial charge < -0.3 is 10.5 Å². The van der Waals surface area contributed by atoms with Crippen molar-refractivity contribution in [2.24, 2.45) is 5.73 Å². The predicted octanol–water partition coefficient (Wildman–Crippen LogP) is 2.55. The van der Waals surface area contributed by atoms with E-state index in [0.717, 1.165) is 6.07 Å². The molecule has 4 nitrogen and oxygen atoms in total. The Morgan fingerprint density at radius 3 is 2.35 bits per heavy atom. The van der Waals surface area contributed by atoms with Gasteiger partial charge >= 0.3 is 6.18 Å². The third-order valence-electron chi connectivity index (χ3n) is 2.79. The minimum Gasteiger partial charge on any atom is -0.480 e. The summed E-state index contributed by atoms with van der Waals surface area (Å²) in [6.07, 6.45) is -4.46. The molecule has 1 heterocycles. The Labute approximate surface area is 113 Å². The Bertz CT molecular complexity index is 584. The van der Waals surface area contributed by atoms with Gasteiger partial charge in [0.25, 0.3) is 0 Å². The maximum Gasteiger partial charge on any atom is 0.416 e. The third-order valence-corrected chi connectivity index (χ3v) is 2.79. The minimum absolute atomic E-state index is 0.0422. The number of benzene rings is 1. The lowest BCUT2D eigenvalue weighted by Gasteiger charge is -2.17. The van der Waals surface area contributed by atoms with E-state index < -0.39 is 17.8 Å². The summed E-state index contributed by atoms with van der Waals surface area (Å²) in [7, 11) is 1.42. The van der Waals surface area contributed by atoms with E-state index in [1.54, 1.807) is 0 Å². The molecule has 0 amide bonds. The van der Waals surface area contributed by atoms with Gasteiger partial charge in [-0.3, -0.25) is 0 Å². The maximum absolute atomic E-state index is 12.9. The summed E-state index contributed by atoms with van der Waals surface area (Å²) in [5, 5.41) is 7.48. The largest absolute Gasteiger partial charge is 0.480 e. The molecule has 0 aliphatic heterocycles. The van der Waals surface area contributed by atoms with Crippen LogP contribution in [-0.2, 0) is 6.18 Å². The first-order valence-corrected chi connectivity index (χ1v) is 5.73. The zero-order valence-electron chi connectivity index (χ0n) is 10.6. The number of alkyl halides is 3. The molecule has 2 rings (SSSR count). The SMILES string of the molecule is COc1ccc(C(N)c2ccccc2C(F)(F)F)nn1. The van der Waals surface area contributed by atoms with Gasteiger partial charge in [-0.2, -0.15) is 13.2 Å². The van der Waals surface area contributed by atoms with Crippen molar-refractivity contribution in [2.45, 2.75) is 12.2 Å². The normalized spacial score (nSPS) is 13.1. The number of aromatic nitrogens is 2. The van der Waals surface area contributed by atoms with Gasteiger partial charge in [-0.15, -0.1) is 10.2 Å². The van der Waals surface area contributed by atoms with Crippen LogP contribution in [0.1, 0.15) is 22.9 Å². The van der Waals surface area contributed by atoms with Crippen molar-refractivity contribution < 1.29 is 17.9 Å². The van der Waals surface area contributed by atoms with E-state index >= 15 is 0 Å². The molecule has 106 valence electrons. The Morgan fingerprint density at radius 2 is 1.80 bits per heavy atom. The van der Waals surface area contributed by atoms with Crippen molar-refractivity contribution in [3.05, 3.63) is 53.2 Å². The van der Waals surface area contributed by atoms with Crippen molar-refractivity contribution in [2.75, 3.05) is 7.11 Å². The highest BCUT2D eigenvalue weighted by molar-refractivity contribution is 5.36. The Kier molecular flexibility index (Phi) is 3.89. The van der Waals surface area contributed by atoms with Crippen LogP contribution in [0.2, 0.25) is 0 Å². The highest BCUT2D eigenvalue weighted by Crippen LogP contribution is 2.35. The molecule has 0 radical (unpaired) electrons. The number of hydrogen-bond acceptors (Lipinski definition) is 4. The summed E-state index contributed by atoms with van der Waals surface area (Å²) >= 11 is 0. The molecule has 2 N–H and O–H groups in total. The number of methoxy groups -OCH3 is 1. The van der Waals surface area contributed by atoms with E-state index in [1.807, 2.05) is 0 Å². The molecule has 1 aromatic heterocycles. The molecule has 0 spiro atoms. The topological polar surface area (TPSA) is 61.0 Å².